The number of hydrogen-bond acceptors (Lipinski definition) is 4. The van der Waals surface area contributed by atoms with Crippen molar-refractivity contribution in [3.8, 4) is 11.5 Å². The number of ether oxygens (including phenoxy) is 2. The first-order valence-corrected chi connectivity index (χ1v) is 7.14. The number of carbonyl (C=O) groups is 1. The number of amides is 1. The lowest BCUT2D eigenvalue weighted by atomic mass is 10.1. The van der Waals surface area contributed by atoms with E-state index in [1.165, 1.54) is 0 Å². The van der Waals surface area contributed by atoms with E-state index in [9.17, 15) is 4.79 Å². The molecule has 0 bridgehead atoms. The Balaban J connectivity index is 1.80. The van der Waals surface area contributed by atoms with Crippen LogP contribution in [0, 0.1) is 0 Å². The Bertz CT molecular complexity index is 733. The van der Waals surface area contributed by atoms with E-state index in [0.29, 0.717) is 34.3 Å². The summed E-state index contributed by atoms with van der Waals surface area (Å²) >= 11 is 6.10. The zero-order valence-corrected chi connectivity index (χ0v) is 12.7. The van der Waals surface area contributed by atoms with Crippen molar-refractivity contribution in [1.29, 1.82) is 0 Å². The number of halogens is 1. The lowest BCUT2D eigenvalue weighted by Gasteiger charge is -2.26. The van der Waals surface area contributed by atoms with Gasteiger partial charge in [0.25, 0.3) is 5.91 Å². The minimum atomic E-state index is -0.611. The van der Waals surface area contributed by atoms with Crippen LogP contribution in [-0.2, 0) is 11.2 Å². The van der Waals surface area contributed by atoms with E-state index < -0.39 is 6.10 Å². The van der Waals surface area contributed by atoms with Gasteiger partial charge in [-0.25, -0.2) is 0 Å². The van der Waals surface area contributed by atoms with Crippen LogP contribution in [0.3, 0.4) is 0 Å². The van der Waals surface area contributed by atoms with Crippen molar-refractivity contribution in [1.82, 2.24) is 0 Å². The first-order chi connectivity index (χ1) is 10.6. The molecule has 0 spiro atoms. The summed E-state index contributed by atoms with van der Waals surface area (Å²) < 4.78 is 10.9. The average molecular weight is 319 g/mol. The molecule has 3 rings (SSSR count). The molecular weight excluding hydrogens is 304 g/mol. The number of benzene rings is 2. The molecule has 0 saturated carbocycles. The van der Waals surface area contributed by atoms with Crippen LogP contribution in [0.2, 0.25) is 5.02 Å². The van der Waals surface area contributed by atoms with Gasteiger partial charge in [0.2, 0.25) is 0 Å². The SMILES string of the molecule is COc1ccc(CC2Oc3ccc(N)cc3NC2=O)cc1Cl. The van der Waals surface area contributed by atoms with Gasteiger partial charge >= 0.3 is 0 Å². The molecule has 1 aliphatic rings. The first-order valence-electron chi connectivity index (χ1n) is 6.76. The molecule has 1 atom stereocenters. The molecule has 1 unspecified atom stereocenters. The summed E-state index contributed by atoms with van der Waals surface area (Å²) in [6.45, 7) is 0. The molecule has 2 aromatic rings. The zero-order chi connectivity index (χ0) is 15.7. The molecule has 1 aliphatic heterocycles. The Labute approximate surface area is 133 Å². The van der Waals surface area contributed by atoms with Crippen LogP contribution in [0.4, 0.5) is 11.4 Å². The van der Waals surface area contributed by atoms with Crippen molar-refractivity contribution >= 4 is 28.9 Å². The number of carbonyl (C=O) groups excluding carboxylic acids is 1. The monoisotopic (exact) mass is 318 g/mol. The van der Waals surface area contributed by atoms with Crippen molar-refractivity contribution in [3.63, 3.8) is 0 Å². The van der Waals surface area contributed by atoms with Crippen molar-refractivity contribution in [2.45, 2.75) is 12.5 Å². The summed E-state index contributed by atoms with van der Waals surface area (Å²) in [5.74, 6) is 1.00. The summed E-state index contributed by atoms with van der Waals surface area (Å²) in [5.41, 5.74) is 7.75. The van der Waals surface area contributed by atoms with Crippen LogP contribution in [0.5, 0.6) is 11.5 Å². The molecule has 114 valence electrons. The quantitative estimate of drug-likeness (QED) is 0.853. The molecule has 6 heteroatoms. The standard InChI is InChI=1S/C16H15ClN2O3/c1-21-13-4-2-9(6-11(13)17)7-15-16(20)19-12-8-10(18)3-5-14(12)22-15/h2-6,8,15H,7,18H2,1H3,(H,19,20). The molecule has 1 amide bonds. The summed E-state index contributed by atoms with van der Waals surface area (Å²) in [5, 5.41) is 3.31. The van der Waals surface area contributed by atoms with Gasteiger partial charge in [0, 0.05) is 12.1 Å². The van der Waals surface area contributed by atoms with Gasteiger partial charge < -0.3 is 20.5 Å². The second kappa shape index (κ2) is 5.77. The Morgan fingerprint density at radius 1 is 1.32 bits per heavy atom. The third kappa shape index (κ3) is 2.80. The molecule has 0 saturated heterocycles. The minimum absolute atomic E-state index is 0.204. The number of nitrogens with two attached hydrogens (primary N) is 1. The van der Waals surface area contributed by atoms with Gasteiger partial charge in [0.05, 0.1) is 17.8 Å². The highest BCUT2D eigenvalue weighted by molar-refractivity contribution is 6.32. The van der Waals surface area contributed by atoms with Crippen molar-refractivity contribution in [2.75, 3.05) is 18.2 Å². The molecule has 0 aromatic heterocycles. The van der Waals surface area contributed by atoms with E-state index in [-0.39, 0.29) is 5.91 Å². The molecule has 0 fully saturated rings. The number of rotatable bonds is 3. The molecule has 1 heterocycles. The number of hydrogen-bond donors (Lipinski definition) is 2. The van der Waals surface area contributed by atoms with Crippen LogP contribution < -0.4 is 20.5 Å². The normalized spacial score (nSPS) is 16.5. The molecule has 3 N–H and O–H groups in total. The third-order valence-corrected chi connectivity index (χ3v) is 3.76. The van der Waals surface area contributed by atoms with Crippen molar-refractivity contribution < 1.29 is 14.3 Å². The Morgan fingerprint density at radius 2 is 2.14 bits per heavy atom. The lowest BCUT2D eigenvalue weighted by molar-refractivity contribution is -0.123. The number of fused-ring (bicyclic) bond motifs is 1. The van der Waals surface area contributed by atoms with Gasteiger partial charge in [-0.15, -0.1) is 0 Å². The zero-order valence-electron chi connectivity index (χ0n) is 11.9. The maximum absolute atomic E-state index is 12.1. The molecular formula is C16H15ClN2O3. The van der Waals surface area contributed by atoms with Crippen LogP contribution in [0.1, 0.15) is 5.56 Å². The molecule has 0 aliphatic carbocycles. The van der Waals surface area contributed by atoms with Gasteiger partial charge in [0.1, 0.15) is 11.5 Å². The smallest absolute Gasteiger partial charge is 0.265 e. The first kappa shape index (κ1) is 14.5. The van der Waals surface area contributed by atoms with Crippen LogP contribution in [0.25, 0.3) is 0 Å². The van der Waals surface area contributed by atoms with Crippen LogP contribution in [0.15, 0.2) is 36.4 Å². The molecule has 22 heavy (non-hydrogen) atoms. The second-order valence-corrected chi connectivity index (χ2v) is 5.43. The fourth-order valence-electron chi connectivity index (χ4n) is 2.35. The summed E-state index contributed by atoms with van der Waals surface area (Å²) in [6, 6.07) is 10.6. The van der Waals surface area contributed by atoms with Crippen LogP contribution >= 0.6 is 11.6 Å². The predicted octanol–water partition coefficient (Wildman–Crippen LogP) is 2.87. The van der Waals surface area contributed by atoms with Crippen molar-refractivity contribution in [2.24, 2.45) is 0 Å². The summed E-state index contributed by atoms with van der Waals surface area (Å²) in [7, 11) is 1.56. The number of nitrogen functional groups attached to an aromatic ring is 1. The van der Waals surface area contributed by atoms with Crippen LogP contribution in [-0.4, -0.2) is 19.1 Å². The number of nitrogens with one attached hydrogen (secondary N) is 1. The second-order valence-electron chi connectivity index (χ2n) is 5.02. The van der Waals surface area contributed by atoms with Gasteiger partial charge in [-0.3, -0.25) is 4.79 Å². The van der Waals surface area contributed by atoms with E-state index in [1.54, 1.807) is 37.4 Å². The van der Waals surface area contributed by atoms with E-state index in [1.807, 2.05) is 6.07 Å². The molecule has 2 aromatic carbocycles. The van der Waals surface area contributed by atoms with Gasteiger partial charge in [-0.05, 0) is 35.9 Å². The van der Waals surface area contributed by atoms with E-state index >= 15 is 0 Å². The molecule has 0 radical (unpaired) electrons. The Morgan fingerprint density at radius 3 is 2.86 bits per heavy atom. The molecule has 5 nitrogen and oxygen atoms in total. The number of methoxy groups -OCH3 is 1. The maximum atomic E-state index is 12.1. The highest BCUT2D eigenvalue weighted by Crippen LogP contribution is 2.32. The van der Waals surface area contributed by atoms with Crippen molar-refractivity contribution in [3.05, 3.63) is 47.0 Å². The predicted molar refractivity (Wildman–Crippen MR) is 85.6 cm³/mol. The topological polar surface area (TPSA) is 73.6 Å². The highest BCUT2D eigenvalue weighted by atomic mass is 35.5. The number of anilines is 2. The fourth-order valence-corrected chi connectivity index (χ4v) is 2.63. The minimum Gasteiger partial charge on any atom is -0.495 e. The summed E-state index contributed by atoms with van der Waals surface area (Å²) in [6.07, 6.45) is -0.195. The third-order valence-electron chi connectivity index (χ3n) is 3.46. The van der Waals surface area contributed by atoms with Gasteiger partial charge in [0.15, 0.2) is 6.10 Å². The lowest BCUT2D eigenvalue weighted by Crippen LogP contribution is -2.38. The van der Waals surface area contributed by atoms with E-state index in [2.05, 4.69) is 5.32 Å². The fraction of sp³-hybridized carbons (Fsp3) is 0.188. The average Bonchev–Trinajstić information content (AvgIpc) is 2.48. The van der Waals surface area contributed by atoms with Gasteiger partial charge in [-0.1, -0.05) is 17.7 Å². The van der Waals surface area contributed by atoms with E-state index in [4.69, 9.17) is 26.8 Å². The highest BCUT2D eigenvalue weighted by Gasteiger charge is 2.28. The largest absolute Gasteiger partial charge is 0.495 e. The van der Waals surface area contributed by atoms with Gasteiger partial charge in [-0.2, -0.15) is 0 Å². The van der Waals surface area contributed by atoms with E-state index in [0.717, 1.165) is 5.56 Å². The Hall–Kier alpha value is -2.40. The Kier molecular flexibility index (Phi) is 3.81. The maximum Gasteiger partial charge on any atom is 0.265 e. The summed E-state index contributed by atoms with van der Waals surface area (Å²) in [4.78, 5) is 12.1.